The highest BCUT2D eigenvalue weighted by molar-refractivity contribution is 7.12. The number of hydrogen-bond acceptors (Lipinski definition) is 4. The van der Waals surface area contributed by atoms with E-state index in [1.54, 1.807) is 18.4 Å². The number of nitrogens with one attached hydrogen (secondary N) is 2. The van der Waals surface area contributed by atoms with E-state index in [1.165, 1.54) is 15.3 Å². The number of aryl methyl sites for hydroxylation is 2. The van der Waals surface area contributed by atoms with Crippen LogP contribution < -0.4 is 10.6 Å². The average Bonchev–Trinajstić information content (AvgIpc) is 2.71. The lowest BCUT2D eigenvalue weighted by molar-refractivity contribution is -0.120. The highest BCUT2D eigenvalue weighted by Crippen LogP contribution is 2.25. The van der Waals surface area contributed by atoms with Crippen molar-refractivity contribution < 1.29 is 9.53 Å². The average molecular weight is 284 g/mol. The number of methoxy groups -OCH3 is 1. The summed E-state index contributed by atoms with van der Waals surface area (Å²) in [5, 5.41) is 6.12. The maximum Gasteiger partial charge on any atom is 0.233 e. The Bertz CT molecular complexity index is 404. The largest absolute Gasteiger partial charge is 0.385 e. The fourth-order valence-electron chi connectivity index (χ4n) is 1.94. The van der Waals surface area contributed by atoms with Crippen molar-refractivity contribution in [3.63, 3.8) is 0 Å². The molecule has 1 atom stereocenters. The maximum atomic E-state index is 11.6. The van der Waals surface area contributed by atoms with E-state index in [0.717, 1.165) is 6.42 Å². The third-order valence-electron chi connectivity index (χ3n) is 2.96. The predicted molar refractivity (Wildman–Crippen MR) is 79.7 cm³/mol. The third kappa shape index (κ3) is 5.72. The number of thiophene rings is 1. The summed E-state index contributed by atoms with van der Waals surface area (Å²) < 4.78 is 4.93. The molecule has 0 saturated carbocycles. The van der Waals surface area contributed by atoms with Gasteiger partial charge in [-0.05, 0) is 38.8 Å². The molecule has 1 rings (SSSR count). The Morgan fingerprint density at radius 2 is 2.21 bits per heavy atom. The van der Waals surface area contributed by atoms with E-state index in [9.17, 15) is 4.79 Å². The number of carbonyl (C=O) groups excluding carboxylic acids is 1. The number of ether oxygens (including phenoxy) is 1. The van der Waals surface area contributed by atoms with Crippen LogP contribution in [0, 0.1) is 13.8 Å². The summed E-state index contributed by atoms with van der Waals surface area (Å²) in [5.74, 6) is 0.0348. The van der Waals surface area contributed by atoms with Crippen molar-refractivity contribution in [2.45, 2.75) is 33.2 Å². The van der Waals surface area contributed by atoms with E-state index in [-0.39, 0.29) is 11.9 Å². The molecule has 2 N–H and O–H groups in total. The Balaban J connectivity index is 2.28. The van der Waals surface area contributed by atoms with Gasteiger partial charge in [-0.25, -0.2) is 0 Å². The first-order valence-corrected chi connectivity index (χ1v) is 7.42. The Morgan fingerprint density at radius 3 is 2.79 bits per heavy atom. The van der Waals surface area contributed by atoms with Gasteiger partial charge < -0.3 is 15.4 Å². The summed E-state index contributed by atoms with van der Waals surface area (Å²) in [4.78, 5) is 14.2. The van der Waals surface area contributed by atoms with Crippen LogP contribution in [0.5, 0.6) is 0 Å². The van der Waals surface area contributed by atoms with Crippen molar-refractivity contribution in [2.24, 2.45) is 0 Å². The molecule has 0 spiro atoms. The molecule has 1 aromatic rings. The number of hydrogen-bond donors (Lipinski definition) is 2. The van der Waals surface area contributed by atoms with Crippen LogP contribution in [0.25, 0.3) is 0 Å². The molecule has 5 heteroatoms. The Labute approximate surface area is 119 Å². The maximum absolute atomic E-state index is 11.6. The summed E-state index contributed by atoms with van der Waals surface area (Å²) in [6.07, 6.45) is 0.848. The zero-order valence-corrected chi connectivity index (χ0v) is 13.0. The minimum absolute atomic E-state index is 0.0348. The number of rotatable bonds is 8. The van der Waals surface area contributed by atoms with Crippen LogP contribution in [0.4, 0.5) is 0 Å². The highest BCUT2D eigenvalue weighted by atomic mass is 32.1. The monoisotopic (exact) mass is 284 g/mol. The zero-order valence-electron chi connectivity index (χ0n) is 12.2. The summed E-state index contributed by atoms with van der Waals surface area (Å²) in [6, 6.07) is 2.39. The van der Waals surface area contributed by atoms with Gasteiger partial charge in [0, 0.05) is 36.1 Å². The molecule has 1 unspecified atom stereocenters. The highest BCUT2D eigenvalue weighted by Gasteiger charge is 2.11. The molecule has 0 aromatic carbocycles. The zero-order chi connectivity index (χ0) is 14.3. The SMILES string of the molecule is COCCCNC(=O)CNC(C)c1cc(C)sc1C. The van der Waals surface area contributed by atoms with Crippen molar-refractivity contribution >= 4 is 17.2 Å². The lowest BCUT2D eigenvalue weighted by atomic mass is 10.1. The second-order valence-electron chi connectivity index (χ2n) is 4.67. The summed E-state index contributed by atoms with van der Waals surface area (Å²) in [7, 11) is 1.66. The van der Waals surface area contributed by atoms with E-state index < -0.39 is 0 Å². The minimum atomic E-state index is 0.0348. The first-order valence-electron chi connectivity index (χ1n) is 6.60. The fourth-order valence-corrected chi connectivity index (χ4v) is 2.97. The van der Waals surface area contributed by atoms with Crippen LogP contribution in [0.2, 0.25) is 0 Å². The van der Waals surface area contributed by atoms with Crippen LogP contribution in [-0.2, 0) is 9.53 Å². The fraction of sp³-hybridized carbons (Fsp3) is 0.643. The Kier molecular flexibility index (Phi) is 7.05. The minimum Gasteiger partial charge on any atom is -0.385 e. The molecule has 1 aromatic heterocycles. The Hall–Kier alpha value is -0.910. The van der Waals surface area contributed by atoms with Crippen molar-refractivity contribution in [1.82, 2.24) is 10.6 Å². The second kappa shape index (κ2) is 8.30. The van der Waals surface area contributed by atoms with Gasteiger partial charge in [0.05, 0.1) is 6.54 Å². The number of carbonyl (C=O) groups is 1. The molecule has 19 heavy (non-hydrogen) atoms. The predicted octanol–water partition coefficient (Wildman–Crippen LogP) is 2.17. The molecular weight excluding hydrogens is 260 g/mol. The van der Waals surface area contributed by atoms with Crippen LogP contribution in [-0.4, -0.2) is 32.7 Å². The molecule has 0 saturated heterocycles. The van der Waals surface area contributed by atoms with Crippen LogP contribution >= 0.6 is 11.3 Å². The molecule has 0 aliphatic carbocycles. The van der Waals surface area contributed by atoms with Gasteiger partial charge in [0.1, 0.15) is 0 Å². The second-order valence-corrected chi connectivity index (χ2v) is 6.13. The van der Waals surface area contributed by atoms with Gasteiger partial charge in [0.2, 0.25) is 5.91 Å². The quantitative estimate of drug-likeness (QED) is 0.719. The van der Waals surface area contributed by atoms with Gasteiger partial charge in [-0.2, -0.15) is 0 Å². The van der Waals surface area contributed by atoms with Gasteiger partial charge in [0.15, 0.2) is 0 Å². The molecule has 4 nitrogen and oxygen atoms in total. The van der Waals surface area contributed by atoms with Gasteiger partial charge >= 0.3 is 0 Å². The van der Waals surface area contributed by atoms with E-state index in [1.807, 2.05) is 0 Å². The van der Waals surface area contributed by atoms with E-state index in [4.69, 9.17) is 4.74 Å². The smallest absolute Gasteiger partial charge is 0.233 e. The van der Waals surface area contributed by atoms with Crippen molar-refractivity contribution in [1.29, 1.82) is 0 Å². The molecule has 1 heterocycles. The topological polar surface area (TPSA) is 50.4 Å². The number of amides is 1. The molecule has 108 valence electrons. The van der Waals surface area contributed by atoms with Gasteiger partial charge in [0.25, 0.3) is 0 Å². The lowest BCUT2D eigenvalue weighted by Crippen LogP contribution is -2.35. The molecule has 0 radical (unpaired) electrons. The molecular formula is C14H24N2O2S. The van der Waals surface area contributed by atoms with Crippen LogP contribution in [0.15, 0.2) is 6.07 Å². The van der Waals surface area contributed by atoms with Crippen molar-refractivity contribution in [3.8, 4) is 0 Å². The van der Waals surface area contributed by atoms with Gasteiger partial charge in [-0.3, -0.25) is 4.79 Å². The molecule has 1 amide bonds. The van der Waals surface area contributed by atoms with Gasteiger partial charge in [-0.1, -0.05) is 0 Å². The third-order valence-corrected chi connectivity index (χ3v) is 3.94. The Morgan fingerprint density at radius 1 is 1.47 bits per heavy atom. The van der Waals surface area contributed by atoms with E-state index in [2.05, 4.69) is 37.5 Å². The van der Waals surface area contributed by atoms with Crippen LogP contribution in [0.3, 0.4) is 0 Å². The molecule has 0 aliphatic rings. The molecule has 0 aliphatic heterocycles. The van der Waals surface area contributed by atoms with Crippen LogP contribution in [0.1, 0.15) is 34.7 Å². The standard InChI is InChI=1S/C14H24N2O2S/c1-10-8-13(12(3)19-10)11(2)16-9-14(17)15-6-5-7-18-4/h8,11,16H,5-7,9H2,1-4H3,(H,15,17). The molecule has 0 bridgehead atoms. The lowest BCUT2D eigenvalue weighted by Gasteiger charge is -2.13. The first-order chi connectivity index (χ1) is 9.04. The van der Waals surface area contributed by atoms with Crippen molar-refractivity contribution in [3.05, 3.63) is 21.4 Å². The first kappa shape index (κ1) is 16.1. The van der Waals surface area contributed by atoms with E-state index in [0.29, 0.717) is 19.7 Å². The summed E-state index contributed by atoms with van der Waals surface area (Å²) >= 11 is 1.80. The summed E-state index contributed by atoms with van der Waals surface area (Å²) in [5.41, 5.74) is 1.29. The van der Waals surface area contributed by atoms with Gasteiger partial charge in [-0.15, -0.1) is 11.3 Å². The van der Waals surface area contributed by atoms with E-state index >= 15 is 0 Å². The van der Waals surface area contributed by atoms with Crippen molar-refractivity contribution in [2.75, 3.05) is 26.8 Å². The summed E-state index contributed by atoms with van der Waals surface area (Å²) in [6.45, 7) is 8.01. The normalized spacial score (nSPS) is 12.4. The molecule has 0 fully saturated rings.